The minimum atomic E-state index is 0.540. The van der Waals surface area contributed by atoms with Crippen molar-refractivity contribution in [3.63, 3.8) is 0 Å². The van der Waals surface area contributed by atoms with E-state index in [9.17, 15) is 0 Å². The molecule has 0 N–H and O–H groups in total. The summed E-state index contributed by atoms with van der Waals surface area (Å²) in [6.45, 7) is 0. The molecule has 0 aliphatic carbocycles. The lowest BCUT2D eigenvalue weighted by atomic mass is 10.0. The van der Waals surface area contributed by atoms with Crippen LogP contribution in [0.2, 0.25) is 0 Å². The highest BCUT2D eigenvalue weighted by Crippen LogP contribution is 2.40. The Morgan fingerprint density at radius 1 is 0.346 bits per heavy atom. The van der Waals surface area contributed by atoms with Crippen LogP contribution in [0.3, 0.4) is 0 Å². The second-order valence-corrected chi connectivity index (χ2v) is 13.0. The van der Waals surface area contributed by atoms with Crippen LogP contribution in [0.15, 0.2) is 167 Å². The molecule has 0 aliphatic heterocycles. The Balaban J connectivity index is 1.13. The first-order chi connectivity index (χ1) is 25.8. The molecule has 0 aliphatic rings. The Morgan fingerprint density at radius 2 is 0.962 bits per heavy atom. The third kappa shape index (κ3) is 4.38. The van der Waals surface area contributed by atoms with E-state index in [2.05, 4.69) is 60.7 Å². The number of pyridine rings is 1. The number of rotatable bonds is 4. The number of hydrogen-bond donors (Lipinski definition) is 0. The van der Waals surface area contributed by atoms with E-state index in [1.807, 2.05) is 97.1 Å². The highest BCUT2D eigenvalue weighted by Gasteiger charge is 2.20. The van der Waals surface area contributed by atoms with Gasteiger partial charge in [0.2, 0.25) is 0 Å². The Labute approximate surface area is 296 Å². The summed E-state index contributed by atoms with van der Waals surface area (Å²) in [6, 6.07) is 53.4. The van der Waals surface area contributed by atoms with E-state index in [1.165, 1.54) is 0 Å². The van der Waals surface area contributed by atoms with Gasteiger partial charge in [0, 0.05) is 49.0 Å². The van der Waals surface area contributed by atoms with E-state index in [4.69, 9.17) is 28.8 Å². The van der Waals surface area contributed by atoms with Crippen molar-refractivity contribution in [2.75, 3.05) is 0 Å². The van der Waals surface area contributed by atoms with Crippen LogP contribution < -0.4 is 0 Å². The fourth-order valence-corrected chi connectivity index (χ4v) is 7.45. The van der Waals surface area contributed by atoms with Gasteiger partial charge in [0.15, 0.2) is 23.1 Å². The van der Waals surface area contributed by atoms with E-state index < -0.39 is 0 Å². The molecule has 0 saturated carbocycles. The predicted octanol–water partition coefficient (Wildman–Crippen LogP) is 12.0. The lowest BCUT2D eigenvalue weighted by Gasteiger charge is -2.11. The highest BCUT2D eigenvalue weighted by molar-refractivity contribution is 6.17. The number of benzene rings is 7. The third-order valence-electron chi connectivity index (χ3n) is 9.91. The molecule has 4 aromatic heterocycles. The molecule has 52 heavy (non-hydrogen) atoms. The monoisotopic (exact) mass is 666 g/mol. The van der Waals surface area contributed by atoms with Crippen LogP contribution >= 0.6 is 0 Å². The van der Waals surface area contributed by atoms with Crippen molar-refractivity contribution in [3.05, 3.63) is 158 Å². The molecule has 4 heterocycles. The lowest BCUT2D eigenvalue weighted by molar-refractivity contribution is 0.672. The number of furan rings is 2. The maximum absolute atomic E-state index is 6.70. The van der Waals surface area contributed by atoms with Crippen molar-refractivity contribution >= 4 is 65.6 Å². The summed E-state index contributed by atoms with van der Waals surface area (Å²) >= 11 is 0. The van der Waals surface area contributed by atoms with Crippen LogP contribution in [0.1, 0.15) is 0 Å². The highest BCUT2D eigenvalue weighted by atomic mass is 16.3. The van der Waals surface area contributed by atoms with Crippen LogP contribution in [0, 0.1) is 0 Å². The molecule has 11 rings (SSSR count). The minimum Gasteiger partial charge on any atom is -0.455 e. The Bertz CT molecular complexity index is 3200. The second-order valence-electron chi connectivity index (χ2n) is 13.0. The molecule has 0 fully saturated rings. The average molecular weight is 667 g/mol. The Hall–Kier alpha value is -7.18. The van der Waals surface area contributed by atoms with E-state index in [0.29, 0.717) is 17.5 Å². The first-order valence-corrected chi connectivity index (χ1v) is 17.2. The van der Waals surface area contributed by atoms with Gasteiger partial charge in [-0.3, -0.25) is 0 Å². The molecule has 11 aromatic rings. The molecule has 0 spiro atoms. The topological polar surface area (TPSA) is 77.8 Å². The zero-order valence-electron chi connectivity index (χ0n) is 27.6. The summed E-state index contributed by atoms with van der Waals surface area (Å²) in [6.07, 6.45) is 0. The molecule has 0 amide bonds. The first kappa shape index (κ1) is 28.6. The Kier molecular flexibility index (Phi) is 6.15. The zero-order valence-corrected chi connectivity index (χ0v) is 27.6. The summed E-state index contributed by atoms with van der Waals surface area (Å²) in [7, 11) is 0. The van der Waals surface area contributed by atoms with Gasteiger partial charge in [0.25, 0.3) is 0 Å². The van der Waals surface area contributed by atoms with Gasteiger partial charge < -0.3 is 8.83 Å². The van der Waals surface area contributed by atoms with Gasteiger partial charge in [-0.1, -0.05) is 127 Å². The van der Waals surface area contributed by atoms with Gasteiger partial charge in [-0.2, -0.15) is 0 Å². The SMILES string of the molecule is c1ccc(-c2nc(-c3cccc(-c4nc5c6ccccc6oc5c5ccccc45)c3)nc(-c3cccc4c3oc3c5ccccc5ccc43)n2)cc1. The number of para-hydroxylation sites is 2. The van der Waals surface area contributed by atoms with E-state index in [1.54, 1.807) is 0 Å². The van der Waals surface area contributed by atoms with Crippen molar-refractivity contribution < 1.29 is 8.83 Å². The average Bonchev–Trinajstić information content (AvgIpc) is 3.80. The maximum Gasteiger partial charge on any atom is 0.167 e. The largest absolute Gasteiger partial charge is 0.455 e. The fraction of sp³-hybridized carbons (Fsp3) is 0. The van der Waals surface area contributed by atoms with Crippen LogP contribution in [-0.4, -0.2) is 19.9 Å². The summed E-state index contributed by atoms with van der Waals surface area (Å²) in [5.41, 5.74) is 8.43. The van der Waals surface area contributed by atoms with Gasteiger partial charge in [0.1, 0.15) is 22.3 Å². The second kappa shape index (κ2) is 11.2. The normalized spacial score (nSPS) is 11.8. The van der Waals surface area contributed by atoms with Crippen molar-refractivity contribution in [1.82, 2.24) is 19.9 Å². The van der Waals surface area contributed by atoms with Gasteiger partial charge in [-0.15, -0.1) is 0 Å². The number of hydrogen-bond acceptors (Lipinski definition) is 6. The summed E-state index contributed by atoms with van der Waals surface area (Å²) in [4.78, 5) is 20.5. The summed E-state index contributed by atoms with van der Waals surface area (Å²) < 4.78 is 13.0. The molecule has 7 aromatic carbocycles. The standard InChI is InChI=1S/C46H26N4O2/c1-2-13-28(14-3-1)44-48-45(50-46(49-44)37-22-11-21-34-35-25-24-27-12-4-5-17-31(27)41(35)52-42(34)37)30-16-10-15-29(26-30)39-32-18-6-7-19-33(32)43-40(47-39)36-20-8-9-23-38(36)51-43/h1-26H. The third-order valence-corrected chi connectivity index (χ3v) is 9.91. The first-order valence-electron chi connectivity index (χ1n) is 17.2. The van der Waals surface area contributed by atoms with Gasteiger partial charge in [-0.05, 0) is 35.7 Å². The quantitative estimate of drug-likeness (QED) is 0.186. The molecule has 6 heteroatoms. The molecule has 0 saturated heterocycles. The molecule has 242 valence electrons. The lowest BCUT2D eigenvalue weighted by Crippen LogP contribution is -2.00. The maximum atomic E-state index is 6.70. The van der Waals surface area contributed by atoms with Crippen LogP contribution in [0.4, 0.5) is 0 Å². The van der Waals surface area contributed by atoms with Crippen LogP contribution in [0.5, 0.6) is 0 Å². The predicted molar refractivity (Wildman–Crippen MR) is 209 cm³/mol. The number of nitrogens with zero attached hydrogens (tertiary/aromatic N) is 4. The van der Waals surface area contributed by atoms with E-state index in [0.717, 1.165) is 93.5 Å². The van der Waals surface area contributed by atoms with Gasteiger partial charge in [-0.25, -0.2) is 19.9 Å². The van der Waals surface area contributed by atoms with Crippen molar-refractivity contribution in [2.24, 2.45) is 0 Å². The molecule has 0 unspecified atom stereocenters. The molecule has 0 bridgehead atoms. The van der Waals surface area contributed by atoms with Crippen LogP contribution in [0.25, 0.3) is 111 Å². The zero-order chi connectivity index (χ0) is 34.2. The molecule has 0 atom stereocenters. The smallest absolute Gasteiger partial charge is 0.167 e. The summed E-state index contributed by atoms with van der Waals surface area (Å²) in [5, 5.41) is 7.30. The minimum absolute atomic E-state index is 0.540. The molecule has 0 radical (unpaired) electrons. The van der Waals surface area contributed by atoms with Crippen molar-refractivity contribution in [1.29, 1.82) is 0 Å². The summed E-state index contributed by atoms with van der Waals surface area (Å²) in [5.74, 6) is 1.68. The van der Waals surface area contributed by atoms with Crippen molar-refractivity contribution in [3.8, 4) is 45.4 Å². The fourth-order valence-electron chi connectivity index (χ4n) is 7.45. The van der Waals surface area contributed by atoms with Gasteiger partial charge >= 0.3 is 0 Å². The van der Waals surface area contributed by atoms with E-state index >= 15 is 0 Å². The number of aromatic nitrogens is 4. The molecular formula is C46H26N4O2. The van der Waals surface area contributed by atoms with Crippen molar-refractivity contribution in [2.45, 2.75) is 0 Å². The van der Waals surface area contributed by atoms with Gasteiger partial charge in [0.05, 0.1) is 11.3 Å². The van der Waals surface area contributed by atoms with Crippen LogP contribution in [-0.2, 0) is 0 Å². The number of fused-ring (bicyclic) bond motifs is 10. The Morgan fingerprint density at radius 3 is 1.85 bits per heavy atom. The molecule has 6 nitrogen and oxygen atoms in total. The molecular weight excluding hydrogens is 641 g/mol. The van der Waals surface area contributed by atoms with E-state index in [-0.39, 0.29) is 0 Å².